The molecule has 8 heteroatoms. The summed E-state index contributed by atoms with van der Waals surface area (Å²) in [5, 5.41) is 0. The zero-order chi connectivity index (χ0) is 23.7. The van der Waals surface area contributed by atoms with E-state index in [0.29, 0.717) is 16.7 Å². The molecule has 3 aromatic carbocycles. The third-order valence-corrected chi connectivity index (χ3v) is 5.76. The van der Waals surface area contributed by atoms with E-state index in [1.54, 1.807) is 48.5 Å². The van der Waals surface area contributed by atoms with Gasteiger partial charge in [-0.05, 0) is 33.7 Å². The average Bonchev–Trinajstić information content (AvgIpc) is 2.72. The lowest BCUT2D eigenvalue weighted by Gasteiger charge is -2.27. The van der Waals surface area contributed by atoms with Crippen LogP contribution in [0.3, 0.4) is 0 Å². The Labute approximate surface area is 184 Å². The molecule has 4 nitrogen and oxygen atoms in total. The van der Waals surface area contributed by atoms with Gasteiger partial charge in [-0.15, -0.1) is 0 Å². The zero-order valence-electron chi connectivity index (χ0n) is 17.6. The van der Waals surface area contributed by atoms with Crippen molar-refractivity contribution in [1.29, 1.82) is 0 Å². The van der Waals surface area contributed by atoms with Gasteiger partial charge in [0.25, 0.3) is 0 Å². The smallest absolute Gasteiger partial charge is 0.335 e. The highest BCUT2D eigenvalue weighted by molar-refractivity contribution is 7.88. The SMILES string of the molecule is CC(C)(C)c1ccc(C(=O)OS(=O)(=O)C(F)(F)F)c(-c2ccccc2)c1-c1ccccc1. The van der Waals surface area contributed by atoms with Crippen LogP contribution < -0.4 is 0 Å². The monoisotopic (exact) mass is 462 g/mol. The number of hydrogen-bond donors (Lipinski definition) is 0. The highest BCUT2D eigenvalue weighted by Gasteiger charge is 2.50. The van der Waals surface area contributed by atoms with Gasteiger partial charge < -0.3 is 4.18 Å². The van der Waals surface area contributed by atoms with Crippen LogP contribution in [-0.4, -0.2) is 19.9 Å². The minimum atomic E-state index is -6.11. The molecule has 0 aliphatic rings. The summed E-state index contributed by atoms with van der Waals surface area (Å²) in [5.74, 6) is -1.60. The Morgan fingerprint density at radius 1 is 0.750 bits per heavy atom. The van der Waals surface area contributed by atoms with Crippen LogP contribution in [0.2, 0.25) is 0 Å². The normalized spacial score (nSPS) is 12.4. The molecule has 0 saturated heterocycles. The summed E-state index contributed by atoms with van der Waals surface area (Å²) in [4.78, 5) is 12.7. The fourth-order valence-corrected chi connectivity index (χ4v) is 3.78. The third-order valence-electron chi connectivity index (χ3n) is 4.83. The number of alkyl halides is 3. The van der Waals surface area contributed by atoms with E-state index in [0.717, 1.165) is 11.1 Å². The van der Waals surface area contributed by atoms with Crippen LogP contribution in [-0.2, 0) is 19.7 Å². The van der Waals surface area contributed by atoms with Crippen molar-refractivity contribution in [3.63, 3.8) is 0 Å². The van der Waals surface area contributed by atoms with Gasteiger partial charge in [0.05, 0.1) is 5.56 Å². The van der Waals surface area contributed by atoms with Crippen molar-refractivity contribution in [2.75, 3.05) is 0 Å². The van der Waals surface area contributed by atoms with Crippen molar-refractivity contribution in [1.82, 2.24) is 0 Å². The number of rotatable bonds is 4. The van der Waals surface area contributed by atoms with Gasteiger partial charge in [-0.2, -0.15) is 21.6 Å². The molecule has 0 unspecified atom stereocenters. The van der Waals surface area contributed by atoms with E-state index in [4.69, 9.17) is 0 Å². The Bertz CT molecular complexity index is 1230. The second-order valence-electron chi connectivity index (χ2n) is 8.16. The highest BCUT2D eigenvalue weighted by atomic mass is 32.2. The van der Waals surface area contributed by atoms with Crippen molar-refractivity contribution < 1.29 is 30.6 Å². The maximum atomic E-state index is 12.8. The molecule has 3 aromatic rings. The molecule has 0 aliphatic carbocycles. The molecule has 0 N–H and O–H groups in total. The first-order valence-corrected chi connectivity index (χ1v) is 11.1. The van der Waals surface area contributed by atoms with E-state index in [1.165, 1.54) is 6.07 Å². The standard InChI is InChI=1S/C24H21F3O4S/c1-23(2,3)19-15-14-18(22(28)31-32(29,30)24(25,26)27)20(16-10-6-4-7-11-16)21(19)17-12-8-5-9-13-17/h4-15H,1-3H3. The van der Waals surface area contributed by atoms with E-state index in [-0.39, 0.29) is 5.56 Å². The summed E-state index contributed by atoms with van der Waals surface area (Å²) in [5.41, 5.74) is -3.39. The summed E-state index contributed by atoms with van der Waals surface area (Å²) in [6.45, 7) is 5.90. The topological polar surface area (TPSA) is 60.4 Å². The molecule has 0 aromatic heterocycles. The van der Waals surface area contributed by atoms with Crippen LogP contribution in [0.5, 0.6) is 0 Å². The second-order valence-corrected chi connectivity index (χ2v) is 9.70. The highest BCUT2D eigenvalue weighted by Crippen LogP contribution is 2.42. The van der Waals surface area contributed by atoms with Gasteiger partial charge >= 0.3 is 21.6 Å². The predicted molar refractivity (Wildman–Crippen MR) is 116 cm³/mol. The Morgan fingerprint density at radius 2 is 1.22 bits per heavy atom. The van der Waals surface area contributed by atoms with Gasteiger partial charge in [-0.3, -0.25) is 0 Å². The lowest BCUT2D eigenvalue weighted by molar-refractivity contribution is -0.0525. The Hall–Kier alpha value is -3.13. The number of hydrogen-bond acceptors (Lipinski definition) is 4. The minimum absolute atomic E-state index is 0.282. The van der Waals surface area contributed by atoms with Gasteiger partial charge in [0.2, 0.25) is 0 Å². The zero-order valence-corrected chi connectivity index (χ0v) is 18.4. The largest absolute Gasteiger partial charge is 0.534 e. The summed E-state index contributed by atoms with van der Waals surface area (Å²) in [6, 6.07) is 20.6. The van der Waals surface area contributed by atoms with Crippen molar-refractivity contribution >= 4 is 16.1 Å². The van der Waals surface area contributed by atoms with E-state index < -0.39 is 27.0 Å². The summed E-state index contributed by atoms with van der Waals surface area (Å²) in [6.07, 6.45) is 0. The van der Waals surface area contributed by atoms with Crippen LogP contribution in [0.25, 0.3) is 22.3 Å². The van der Waals surface area contributed by atoms with Crippen molar-refractivity contribution in [3.05, 3.63) is 83.9 Å². The van der Waals surface area contributed by atoms with E-state index in [2.05, 4.69) is 4.18 Å². The molecular formula is C24H21F3O4S. The van der Waals surface area contributed by atoms with Gasteiger partial charge in [0.1, 0.15) is 0 Å². The first kappa shape index (κ1) is 23.5. The van der Waals surface area contributed by atoms with Crippen LogP contribution in [0.1, 0.15) is 36.7 Å². The van der Waals surface area contributed by atoms with Crippen molar-refractivity contribution in [3.8, 4) is 22.3 Å². The lowest BCUT2D eigenvalue weighted by Crippen LogP contribution is -2.28. The van der Waals surface area contributed by atoms with Gasteiger partial charge in [0, 0.05) is 5.56 Å². The van der Waals surface area contributed by atoms with Crippen LogP contribution in [0, 0.1) is 0 Å². The molecule has 0 bridgehead atoms. The Balaban J connectivity index is 2.36. The van der Waals surface area contributed by atoms with E-state index in [9.17, 15) is 26.4 Å². The summed E-state index contributed by atoms with van der Waals surface area (Å²) >= 11 is 0. The van der Waals surface area contributed by atoms with Crippen LogP contribution in [0.15, 0.2) is 72.8 Å². The Kier molecular flexibility index (Phi) is 6.20. The van der Waals surface area contributed by atoms with Gasteiger partial charge in [-0.1, -0.05) is 87.5 Å². The number of carbonyl (C=O) groups is 1. The molecule has 0 fully saturated rings. The fourth-order valence-electron chi connectivity index (χ4n) is 3.40. The van der Waals surface area contributed by atoms with Crippen LogP contribution in [0.4, 0.5) is 13.2 Å². The molecule has 3 rings (SSSR count). The molecular weight excluding hydrogens is 441 g/mol. The van der Waals surface area contributed by atoms with Crippen molar-refractivity contribution in [2.45, 2.75) is 31.7 Å². The molecule has 0 radical (unpaired) electrons. The van der Waals surface area contributed by atoms with Gasteiger partial charge in [-0.25, -0.2) is 4.79 Å². The number of benzene rings is 3. The van der Waals surface area contributed by atoms with Gasteiger partial charge in [0.15, 0.2) is 0 Å². The van der Waals surface area contributed by atoms with Crippen molar-refractivity contribution in [2.24, 2.45) is 0 Å². The Morgan fingerprint density at radius 3 is 1.66 bits per heavy atom. The van der Waals surface area contributed by atoms with E-state index >= 15 is 0 Å². The maximum absolute atomic E-state index is 12.8. The lowest BCUT2D eigenvalue weighted by atomic mass is 9.77. The van der Waals surface area contributed by atoms with Crippen LogP contribution >= 0.6 is 0 Å². The fraction of sp³-hybridized carbons (Fsp3) is 0.208. The molecule has 0 spiro atoms. The second kappa shape index (κ2) is 8.43. The number of carbonyl (C=O) groups excluding carboxylic acids is 1. The molecule has 168 valence electrons. The molecule has 32 heavy (non-hydrogen) atoms. The molecule has 0 amide bonds. The number of halogens is 3. The first-order valence-electron chi connectivity index (χ1n) is 9.66. The van der Waals surface area contributed by atoms with E-state index in [1.807, 2.05) is 39.0 Å². The molecule has 0 heterocycles. The maximum Gasteiger partial charge on any atom is 0.534 e. The summed E-state index contributed by atoms with van der Waals surface area (Å²) < 4.78 is 65.5. The quantitative estimate of drug-likeness (QED) is 0.336. The third kappa shape index (κ3) is 4.70. The summed E-state index contributed by atoms with van der Waals surface area (Å²) in [7, 11) is -6.11. The molecule has 0 aliphatic heterocycles. The molecule has 0 saturated carbocycles. The average molecular weight is 462 g/mol. The first-order chi connectivity index (χ1) is 14.8. The predicted octanol–water partition coefficient (Wildman–Crippen LogP) is 6.32. The molecule has 0 atom stereocenters. The minimum Gasteiger partial charge on any atom is -0.335 e.